The standard InChI is InChI=1S/C30H35ClN2O2/c1-22-14-16-23(17-15-22)18-19-28(34)33(21-25-12-8-9-13-26(25)31)27(29(35)32-30(2,3)4)20-24-10-6-5-7-11-24/h5-17,27H,18-21H2,1-4H3,(H,32,35)/t27-/m1/s1. The fourth-order valence-corrected chi connectivity index (χ4v) is 4.16. The van der Waals surface area contributed by atoms with Crippen molar-refractivity contribution in [3.8, 4) is 0 Å². The van der Waals surface area contributed by atoms with Crippen LogP contribution in [0.5, 0.6) is 0 Å². The van der Waals surface area contributed by atoms with Gasteiger partial charge < -0.3 is 10.2 Å². The summed E-state index contributed by atoms with van der Waals surface area (Å²) in [6.45, 7) is 8.15. The fourth-order valence-electron chi connectivity index (χ4n) is 3.97. The summed E-state index contributed by atoms with van der Waals surface area (Å²) in [5.74, 6) is -0.243. The van der Waals surface area contributed by atoms with E-state index in [1.807, 2.05) is 82.3 Å². The third-order valence-corrected chi connectivity index (χ3v) is 6.18. The van der Waals surface area contributed by atoms with Crippen LogP contribution in [-0.4, -0.2) is 28.3 Å². The van der Waals surface area contributed by atoms with Crippen molar-refractivity contribution in [3.05, 3.63) is 106 Å². The average Bonchev–Trinajstić information content (AvgIpc) is 2.81. The molecule has 0 unspecified atom stereocenters. The molecular weight excluding hydrogens is 456 g/mol. The van der Waals surface area contributed by atoms with Crippen LogP contribution in [0.15, 0.2) is 78.9 Å². The number of hydrogen-bond donors (Lipinski definition) is 1. The molecule has 184 valence electrons. The molecule has 0 spiro atoms. The van der Waals surface area contributed by atoms with E-state index in [2.05, 4.69) is 29.6 Å². The SMILES string of the molecule is Cc1ccc(CCC(=O)N(Cc2ccccc2Cl)[C@H](Cc2ccccc2)C(=O)NC(C)(C)C)cc1. The Morgan fingerprint density at radius 1 is 0.886 bits per heavy atom. The summed E-state index contributed by atoms with van der Waals surface area (Å²) in [5.41, 5.74) is 3.67. The molecule has 3 aromatic carbocycles. The largest absolute Gasteiger partial charge is 0.350 e. The lowest BCUT2D eigenvalue weighted by atomic mass is 9.99. The minimum atomic E-state index is -0.668. The van der Waals surface area contributed by atoms with Crippen molar-refractivity contribution in [2.24, 2.45) is 0 Å². The van der Waals surface area contributed by atoms with E-state index < -0.39 is 11.6 Å². The first-order chi connectivity index (χ1) is 16.6. The lowest BCUT2D eigenvalue weighted by molar-refractivity contribution is -0.141. The Balaban J connectivity index is 1.93. The Hall–Kier alpha value is -3.11. The number of halogens is 1. The molecule has 0 bridgehead atoms. The topological polar surface area (TPSA) is 49.4 Å². The van der Waals surface area contributed by atoms with Crippen molar-refractivity contribution in [1.82, 2.24) is 10.2 Å². The van der Waals surface area contributed by atoms with Gasteiger partial charge in [-0.1, -0.05) is 90.0 Å². The number of nitrogens with one attached hydrogen (secondary N) is 1. The molecule has 1 atom stereocenters. The van der Waals surface area contributed by atoms with Crippen LogP contribution in [0.2, 0.25) is 5.02 Å². The van der Waals surface area contributed by atoms with Gasteiger partial charge in [0, 0.05) is 29.9 Å². The molecule has 0 fully saturated rings. The van der Waals surface area contributed by atoms with Gasteiger partial charge in [0.2, 0.25) is 11.8 Å². The minimum Gasteiger partial charge on any atom is -0.350 e. The van der Waals surface area contributed by atoms with E-state index in [4.69, 9.17) is 11.6 Å². The summed E-state index contributed by atoms with van der Waals surface area (Å²) in [6.07, 6.45) is 1.34. The van der Waals surface area contributed by atoms with E-state index in [0.29, 0.717) is 24.3 Å². The maximum Gasteiger partial charge on any atom is 0.243 e. The molecule has 0 aliphatic rings. The van der Waals surface area contributed by atoms with E-state index >= 15 is 0 Å². The molecule has 0 saturated heterocycles. The average molecular weight is 491 g/mol. The molecule has 3 aromatic rings. The maximum absolute atomic E-state index is 13.7. The highest BCUT2D eigenvalue weighted by atomic mass is 35.5. The highest BCUT2D eigenvalue weighted by molar-refractivity contribution is 6.31. The number of amides is 2. The molecule has 3 rings (SSSR count). The first-order valence-corrected chi connectivity index (χ1v) is 12.4. The van der Waals surface area contributed by atoms with E-state index in [-0.39, 0.29) is 18.4 Å². The van der Waals surface area contributed by atoms with Gasteiger partial charge in [-0.3, -0.25) is 9.59 Å². The van der Waals surface area contributed by atoms with Crippen molar-refractivity contribution >= 4 is 23.4 Å². The second-order valence-electron chi connectivity index (χ2n) is 10.0. The molecule has 1 N–H and O–H groups in total. The van der Waals surface area contributed by atoms with Crippen LogP contribution >= 0.6 is 11.6 Å². The van der Waals surface area contributed by atoms with Crippen molar-refractivity contribution in [1.29, 1.82) is 0 Å². The molecule has 0 aliphatic carbocycles. The van der Waals surface area contributed by atoms with Crippen LogP contribution in [0, 0.1) is 6.92 Å². The van der Waals surface area contributed by atoms with Gasteiger partial charge in [-0.2, -0.15) is 0 Å². The van der Waals surface area contributed by atoms with Crippen LogP contribution in [0.25, 0.3) is 0 Å². The van der Waals surface area contributed by atoms with Crippen LogP contribution in [0.1, 0.15) is 49.4 Å². The summed E-state index contributed by atoms with van der Waals surface area (Å²) in [7, 11) is 0. The van der Waals surface area contributed by atoms with Gasteiger partial charge in [0.05, 0.1) is 0 Å². The number of nitrogens with zero attached hydrogens (tertiary/aromatic N) is 1. The van der Waals surface area contributed by atoms with Crippen molar-refractivity contribution in [2.75, 3.05) is 0 Å². The quantitative estimate of drug-likeness (QED) is 0.392. The highest BCUT2D eigenvalue weighted by Crippen LogP contribution is 2.22. The Morgan fingerprint density at radius 3 is 2.14 bits per heavy atom. The third-order valence-electron chi connectivity index (χ3n) is 5.82. The summed E-state index contributed by atoms with van der Waals surface area (Å²) >= 11 is 6.47. The molecule has 0 aliphatic heterocycles. The van der Waals surface area contributed by atoms with Gasteiger partial charge in [0.15, 0.2) is 0 Å². The summed E-state index contributed by atoms with van der Waals surface area (Å²) in [5, 5.41) is 3.67. The lowest BCUT2D eigenvalue weighted by Gasteiger charge is -2.34. The zero-order valence-electron chi connectivity index (χ0n) is 21.1. The normalized spacial score (nSPS) is 12.1. The number of rotatable bonds is 9. The lowest BCUT2D eigenvalue weighted by Crippen LogP contribution is -2.54. The second kappa shape index (κ2) is 12.0. The molecule has 5 heteroatoms. The zero-order chi connectivity index (χ0) is 25.4. The Labute approximate surface area is 214 Å². The van der Waals surface area contributed by atoms with E-state index in [1.54, 1.807) is 4.90 Å². The van der Waals surface area contributed by atoms with Crippen molar-refractivity contribution in [2.45, 2.75) is 65.1 Å². The van der Waals surface area contributed by atoms with Gasteiger partial charge in [-0.25, -0.2) is 0 Å². The van der Waals surface area contributed by atoms with Crippen molar-refractivity contribution < 1.29 is 9.59 Å². The van der Waals surface area contributed by atoms with E-state index in [9.17, 15) is 9.59 Å². The smallest absolute Gasteiger partial charge is 0.243 e. The monoisotopic (exact) mass is 490 g/mol. The minimum absolute atomic E-state index is 0.0736. The molecule has 2 amide bonds. The molecule has 0 aromatic heterocycles. The molecular formula is C30H35ClN2O2. The van der Waals surface area contributed by atoms with Crippen LogP contribution in [0.4, 0.5) is 0 Å². The first kappa shape index (κ1) is 26.5. The number of carbonyl (C=O) groups is 2. The predicted octanol–water partition coefficient (Wildman–Crippen LogP) is 6.14. The van der Waals surface area contributed by atoms with Gasteiger partial charge in [0.1, 0.15) is 6.04 Å². The number of benzene rings is 3. The molecule has 35 heavy (non-hydrogen) atoms. The Morgan fingerprint density at radius 2 is 1.51 bits per heavy atom. The summed E-state index contributed by atoms with van der Waals surface area (Å²) in [4.78, 5) is 29.0. The maximum atomic E-state index is 13.7. The van der Waals surface area contributed by atoms with Gasteiger partial charge >= 0.3 is 0 Å². The fraction of sp³-hybridized carbons (Fsp3) is 0.333. The Kier molecular flexibility index (Phi) is 9.11. The van der Waals surface area contributed by atoms with Gasteiger partial charge in [0.25, 0.3) is 0 Å². The van der Waals surface area contributed by atoms with Gasteiger partial charge in [-0.15, -0.1) is 0 Å². The summed E-state index contributed by atoms with van der Waals surface area (Å²) in [6, 6.07) is 24.8. The van der Waals surface area contributed by atoms with Gasteiger partial charge in [-0.05, 0) is 56.9 Å². The van der Waals surface area contributed by atoms with Crippen LogP contribution in [0.3, 0.4) is 0 Å². The van der Waals surface area contributed by atoms with Crippen molar-refractivity contribution in [3.63, 3.8) is 0 Å². The third kappa shape index (κ3) is 8.25. The zero-order valence-corrected chi connectivity index (χ0v) is 21.8. The highest BCUT2D eigenvalue weighted by Gasteiger charge is 2.32. The Bertz CT molecular complexity index is 1120. The molecule has 0 radical (unpaired) electrons. The number of aryl methyl sites for hydroxylation is 2. The number of hydrogen-bond acceptors (Lipinski definition) is 2. The van der Waals surface area contributed by atoms with Crippen LogP contribution < -0.4 is 5.32 Å². The number of carbonyl (C=O) groups excluding carboxylic acids is 2. The predicted molar refractivity (Wildman–Crippen MR) is 143 cm³/mol. The summed E-state index contributed by atoms with van der Waals surface area (Å²) < 4.78 is 0. The molecule has 0 heterocycles. The van der Waals surface area contributed by atoms with Crippen LogP contribution in [-0.2, 0) is 29.0 Å². The molecule has 0 saturated carbocycles. The second-order valence-corrected chi connectivity index (χ2v) is 10.5. The van der Waals surface area contributed by atoms with E-state index in [1.165, 1.54) is 5.56 Å². The first-order valence-electron chi connectivity index (χ1n) is 12.1. The molecule has 4 nitrogen and oxygen atoms in total. The van der Waals surface area contributed by atoms with E-state index in [0.717, 1.165) is 16.7 Å².